The minimum absolute atomic E-state index is 0.0541. The highest BCUT2D eigenvalue weighted by atomic mass is 35.5. The van der Waals surface area contributed by atoms with Crippen molar-refractivity contribution in [3.8, 4) is 22.9 Å². The topological polar surface area (TPSA) is 101 Å². The standard InChI is InChI=1S/C38H34Cl2F3N7O2/c1-18-25-13-30(29-12-22(16-48(29)37(51)19-7-8-19)52-23-15-46-49(17-23)38(42)43)50(35-21-11-28(35)45-14-21)36(25)26-10-20(4-3-9-44)31(33(41)34(26)47-18)24-5-2-6-27(39)32(24)40/h2,5-6,10,13,15,17,19,21-22,28-29,35,38,45H,3-4,7-8,11-12,14,16H2,1H3/t21-,22+,28-,29-,35+/m1/s1. The van der Waals surface area contributed by atoms with Gasteiger partial charge in [-0.25, -0.2) is 14.1 Å². The van der Waals surface area contributed by atoms with Crippen LogP contribution >= 0.6 is 23.2 Å². The number of alkyl halides is 2. The minimum atomic E-state index is -2.79. The average Bonchev–Trinajstić information content (AvgIpc) is 3.59. The maximum absolute atomic E-state index is 17.1. The summed E-state index contributed by atoms with van der Waals surface area (Å²) in [5.41, 5.74) is 3.91. The summed E-state index contributed by atoms with van der Waals surface area (Å²) in [6.07, 6.45) is 5.54. The molecule has 2 saturated carbocycles. The second-order valence-corrected chi connectivity index (χ2v) is 15.3. The van der Waals surface area contributed by atoms with E-state index in [4.69, 9.17) is 32.9 Å². The van der Waals surface area contributed by atoms with Crippen LogP contribution < -0.4 is 10.1 Å². The number of hydrogen-bond acceptors (Lipinski definition) is 6. The van der Waals surface area contributed by atoms with Gasteiger partial charge in [0.25, 0.3) is 0 Å². The van der Waals surface area contributed by atoms with E-state index < -0.39 is 18.5 Å². The first-order chi connectivity index (χ1) is 25.1. The number of ether oxygens (including phenoxy) is 1. The highest BCUT2D eigenvalue weighted by Gasteiger charge is 2.51. The van der Waals surface area contributed by atoms with Crippen LogP contribution in [0, 0.1) is 35.9 Å². The van der Waals surface area contributed by atoms with Crippen LogP contribution in [0.4, 0.5) is 13.2 Å². The van der Waals surface area contributed by atoms with Gasteiger partial charge in [0.2, 0.25) is 5.91 Å². The molecule has 3 aliphatic heterocycles. The first-order valence-electron chi connectivity index (χ1n) is 17.6. The van der Waals surface area contributed by atoms with Crippen molar-refractivity contribution in [2.24, 2.45) is 11.8 Å². The largest absolute Gasteiger partial charge is 0.485 e. The number of benzene rings is 2. The summed E-state index contributed by atoms with van der Waals surface area (Å²) in [5.74, 6) is 0.0244. The molecule has 3 aromatic heterocycles. The number of likely N-dealkylation sites (tertiary alicyclic amines) is 1. The molecule has 5 fully saturated rings. The van der Waals surface area contributed by atoms with Crippen molar-refractivity contribution in [2.75, 3.05) is 13.1 Å². The van der Waals surface area contributed by atoms with Crippen molar-refractivity contribution in [3.63, 3.8) is 0 Å². The van der Waals surface area contributed by atoms with Gasteiger partial charge in [-0.2, -0.15) is 19.1 Å². The number of nitrogens with zero attached hydrogens (tertiary/aromatic N) is 6. The third kappa shape index (κ3) is 5.34. The van der Waals surface area contributed by atoms with E-state index in [1.807, 2.05) is 17.9 Å². The lowest BCUT2D eigenvalue weighted by molar-refractivity contribution is -0.133. The molecule has 5 aliphatic rings. The van der Waals surface area contributed by atoms with Crippen molar-refractivity contribution in [1.82, 2.24) is 29.5 Å². The van der Waals surface area contributed by atoms with Gasteiger partial charge in [-0.3, -0.25) is 4.79 Å². The van der Waals surface area contributed by atoms with Crippen molar-refractivity contribution in [1.29, 1.82) is 5.26 Å². The summed E-state index contributed by atoms with van der Waals surface area (Å²) in [7, 11) is 0. The first kappa shape index (κ1) is 33.5. The highest BCUT2D eigenvalue weighted by Crippen LogP contribution is 2.51. The molecule has 2 aromatic carbocycles. The zero-order chi connectivity index (χ0) is 36.0. The van der Waals surface area contributed by atoms with E-state index >= 15 is 4.39 Å². The van der Waals surface area contributed by atoms with Crippen LogP contribution in [-0.2, 0) is 11.2 Å². The molecule has 14 heteroatoms. The number of aryl methyl sites for hydroxylation is 2. The van der Waals surface area contributed by atoms with Crippen LogP contribution in [0.5, 0.6) is 5.75 Å². The van der Waals surface area contributed by atoms with Crippen LogP contribution in [0.3, 0.4) is 0 Å². The summed E-state index contributed by atoms with van der Waals surface area (Å²) in [5, 5.41) is 18.9. The number of nitrogens with one attached hydrogen (secondary N) is 1. The summed E-state index contributed by atoms with van der Waals surface area (Å²) < 4.78 is 52.8. The Morgan fingerprint density at radius 3 is 2.71 bits per heavy atom. The van der Waals surface area contributed by atoms with E-state index in [0.29, 0.717) is 50.8 Å². The zero-order valence-electron chi connectivity index (χ0n) is 28.1. The molecule has 5 aromatic rings. The summed E-state index contributed by atoms with van der Waals surface area (Å²) >= 11 is 13.1. The Morgan fingerprint density at radius 1 is 1.19 bits per heavy atom. The molecule has 10 rings (SSSR count). The van der Waals surface area contributed by atoms with Gasteiger partial charge in [-0.05, 0) is 62.3 Å². The molecule has 0 unspecified atom stereocenters. The lowest BCUT2D eigenvalue weighted by Crippen LogP contribution is -2.41. The van der Waals surface area contributed by atoms with Crippen LogP contribution in [0.1, 0.15) is 67.7 Å². The van der Waals surface area contributed by atoms with Crippen LogP contribution in [0.15, 0.2) is 42.7 Å². The van der Waals surface area contributed by atoms with Crippen LogP contribution in [0.2, 0.25) is 10.0 Å². The predicted molar refractivity (Wildman–Crippen MR) is 190 cm³/mol. The number of amides is 1. The zero-order valence-corrected chi connectivity index (χ0v) is 29.6. The number of hydrogen-bond donors (Lipinski definition) is 1. The number of fused-ring (bicyclic) bond motifs is 4. The molecule has 5 atom stereocenters. The highest BCUT2D eigenvalue weighted by molar-refractivity contribution is 6.43. The molecule has 0 radical (unpaired) electrons. The Kier molecular flexibility index (Phi) is 8.17. The lowest BCUT2D eigenvalue weighted by Gasteiger charge is -2.39. The maximum Gasteiger partial charge on any atom is 0.333 e. The molecule has 9 nitrogen and oxygen atoms in total. The molecule has 2 aliphatic carbocycles. The molecule has 0 spiro atoms. The lowest BCUT2D eigenvalue weighted by atomic mass is 9.79. The van der Waals surface area contributed by atoms with Crippen LogP contribution in [-0.4, -0.2) is 55.4 Å². The van der Waals surface area contributed by atoms with Crippen molar-refractivity contribution in [3.05, 3.63) is 75.5 Å². The van der Waals surface area contributed by atoms with E-state index in [1.54, 1.807) is 18.2 Å². The van der Waals surface area contributed by atoms with Gasteiger partial charge in [0.05, 0.1) is 52.7 Å². The van der Waals surface area contributed by atoms with E-state index in [2.05, 4.69) is 27.1 Å². The predicted octanol–water partition coefficient (Wildman–Crippen LogP) is 8.32. The number of rotatable bonds is 9. The third-order valence-electron chi connectivity index (χ3n) is 11.3. The first-order valence-corrected chi connectivity index (χ1v) is 18.4. The number of halogens is 5. The fourth-order valence-corrected chi connectivity index (χ4v) is 9.15. The van der Waals surface area contributed by atoms with E-state index in [9.17, 15) is 18.8 Å². The summed E-state index contributed by atoms with van der Waals surface area (Å²) in [6, 6.07) is 11.2. The van der Waals surface area contributed by atoms with Gasteiger partial charge >= 0.3 is 6.55 Å². The fourth-order valence-electron chi connectivity index (χ4n) is 8.75. The van der Waals surface area contributed by atoms with Gasteiger partial charge < -0.3 is 19.5 Å². The minimum Gasteiger partial charge on any atom is -0.485 e. The normalized spacial score (nSPS) is 23.9. The monoisotopic (exact) mass is 747 g/mol. The molecular formula is C38H34Cl2F3N7O2. The number of carbonyl (C=O) groups is 1. The molecule has 268 valence electrons. The van der Waals surface area contributed by atoms with Gasteiger partial charge in [0, 0.05) is 64.6 Å². The Hall–Kier alpha value is -4.31. The number of nitriles is 1. The molecule has 6 heterocycles. The fraction of sp³-hybridized carbons (Fsp3) is 0.421. The molecular weight excluding hydrogens is 714 g/mol. The summed E-state index contributed by atoms with van der Waals surface area (Å²) in [6.45, 7) is 0.225. The SMILES string of the molecule is Cc1nc2c(F)c(-c3cccc(Cl)c3Cl)c(CCC#N)cc2c2c1cc([C@H]1C[C@H](Oc3cnn(C(F)F)c3)CN1C(=O)C1CC1)n2[C@H]1[C@H]2CN[C@@H]1C2. The molecule has 1 amide bonds. The smallest absolute Gasteiger partial charge is 0.333 e. The summed E-state index contributed by atoms with van der Waals surface area (Å²) in [4.78, 5) is 20.7. The number of carbonyl (C=O) groups excluding carboxylic acids is 1. The quantitative estimate of drug-likeness (QED) is 0.163. The Bertz CT molecular complexity index is 2300. The maximum atomic E-state index is 17.1. The van der Waals surface area contributed by atoms with Crippen molar-refractivity contribution >= 4 is 50.9 Å². The molecule has 2 bridgehead atoms. The second-order valence-electron chi connectivity index (χ2n) is 14.5. The molecule has 3 saturated heterocycles. The van der Waals surface area contributed by atoms with E-state index in [0.717, 1.165) is 42.4 Å². The molecule has 1 N–H and O–H groups in total. The Balaban J connectivity index is 1.24. The van der Waals surface area contributed by atoms with Crippen molar-refractivity contribution < 1.29 is 22.7 Å². The van der Waals surface area contributed by atoms with E-state index in [1.165, 1.54) is 12.4 Å². The van der Waals surface area contributed by atoms with Gasteiger partial charge in [-0.1, -0.05) is 35.3 Å². The van der Waals surface area contributed by atoms with E-state index in [-0.39, 0.29) is 64.6 Å². The molecule has 52 heavy (non-hydrogen) atoms. The van der Waals surface area contributed by atoms with Gasteiger partial charge in [0.15, 0.2) is 11.6 Å². The van der Waals surface area contributed by atoms with Crippen molar-refractivity contribution in [2.45, 2.75) is 76.2 Å². The van der Waals surface area contributed by atoms with Gasteiger partial charge in [-0.15, -0.1) is 0 Å². The number of aromatic nitrogens is 4. The van der Waals surface area contributed by atoms with Gasteiger partial charge in [0.1, 0.15) is 11.6 Å². The Labute approximate surface area is 307 Å². The Morgan fingerprint density at radius 2 is 2.02 bits per heavy atom. The third-order valence-corrected chi connectivity index (χ3v) is 12.1. The average molecular weight is 749 g/mol. The van der Waals surface area contributed by atoms with Crippen LogP contribution in [0.25, 0.3) is 32.9 Å². The number of pyridine rings is 1. The second kappa shape index (κ2) is 12.7.